The molecule has 5 heteroatoms. The van der Waals surface area contributed by atoms with Crippen molar-refractivity contribution in [2.45, 2.75) is 19.8 Å². The normalized spacial score (nSPS) is 10.0. The highest BCUT2D eigenvalue weighted by Crippen LogP contribution is 2.12. The zero-order valence-corrected chi connectivity index (χ0v) is 9.02. The van der Waals surface area contributed by atoms with E-state index in [2.05, 4.69) is 38.1 Å². The number of nitrogens with one attached hydrogen (secondary N) is 2. The maximum absolute atomic E-state index is 11.1. The molecule has 1 heterocycles. The van der Waals surface area contributed by atoms with Crippen molar-refractivity contribution in [2.75, 3.05) is 11.9 Å². The molecule has 0 aliphatic carbocycles. The summed E-state index contributed by atoms with van der Waals surface area (Å²) in [5.41, 5.74) is -0.158. The molecule has 0 amide bonds. The summed E-state index contributed by atoms with van der Waals surface area (Å²) in [5, 5.41) is 3.08. The van der Waals surface area contributed by atoms with E-state index in [-0.39, 0.29) is 5.56 Å². The van der Waals surface area contributed by atoms with Gasteiger partial charge in [-0.3, -0.25) is 4.79 Å². The van der Waals surface area contributed by atoms with Crippen LogP contribution in [0, 0.1) is 0 Å². The van der Waals surface area contributed by atoms with Crippen molar-refractivity contribution in [3.05, 3.63) is 21.2 Å². The molecule has 0 atom stereocenters. The van der Waals surface area contributed by atoms with Crippen molar-refractivity contribution in [3.8, 4) is 0 Å². The predicted molar refractivity (Wildman–Crippen MR) is 56.0 cm³/mol. The molecular weight excluding hydrogens is 234 g/mol. The van der Waals surface area contributed by atoms with Crippen molar-refractivity contribution < 1.29 is 0 Å². The third kappa shape index (κ3) is 2.84. The lowest BCUT2D eigenvalue weighted by molar-refractivity contribution is 0.829. The standard InChI is InChI=1S/C8H12BrN3O/c1-2-3-4-10-7-6(9)8(13)12-5-11-7/h5H,2-4H2,1H3,(H2,10,11,12,13). The van der Waals surface area contributed by atoms with Crippen LogP contribution >= 0.6 is 15.9 Å². The number of aromatic amines is 1. The molecule has 0 fully saturated rings. The molecule has 1 aromatic heterocycles. The Kier molecular flexibility index (Phi) is 3.95. The first kappa shape index (κ1) is 10.2. The Bertz CT molecular complexity index is 323. The fraction of sp³-hybridized carbons (Fsp3) is 0.500. The number of hydrogen-bond donors (Lipinski definition) is 2. The quantitative estimate of drug-likeness (QED) is 0.795. The number of hydrogen-bond acceptors (Lipinski definition) is 3. The number of unbranched alkanes of at least 4 members (excludes halogenated alkanes) is 1. The molecule has 1 aromatic rings. The molecule has 72 valence electrons. The van der Waals surface area contributed by atoms with E-state index in [9.17, 15) is 4.79 Å². The van der Waals surface area contributed by atoms with Crippen molar-refractivity contribution in [2.24, 2.45) is 0 Å². The van der Waals surface area contributed by atoms with Gasteiger partial charge in [0.1, 0.15) is 10.3 Å². The first-order valence-corrected chi connectivity index (χ1v) is 5.02. The Morgan fingerprint density at radius 2 is 2.46 bits per heavy atom. The van der Waals surface area contributed by atoms with E-state index in [4.69, 9.17) is 0 Å². The van der Waals surface area contributed by atoms with Gasteiger partial charge in [0.15, 0.2) is 0 Å². The lowest BCUT2D eigenvalue weighted by atomic mass is 10.3. The SMILES string of the molecule is CCCCNc1nc[nH]c(=O)c1Br. The van der Waals surface area contributed by atoms with Gasteiger partial charge in [0, 0.05) is 6.54 Å². The molecule has 0 aliphatic rings. The Balaban J connectivity index is 2.66. The van der Waals surface area contributed by atoms with Gasteiger partial charge in [-0.05, 0) is 22.4 Å². The molecule has 0 bridgehead atoms. The molecule has 0 unspecified atom stereocenters. The second kappa shape index (κ2) is 5.01. The molecule has 4 nitrogen and oxygen atoms in total. The van der Waals surface area contributed by atoms with Crippen molar-refractivity contribution in [1.29, 1.82) is 0 Å². The highest BCUT2D eigenvalue weighted by molar-refractivity contribution is 9.10. The van der Waals surface area contributed by atoms with Crippen LogP contribution in [-0.2, 0) is 0 Å². The largest absolute Gasteiger partial charge is 0.369 e. The molecular formula is C8H12BrN3O. The molecule has 0 radical (unpaired) electrons. The first-order valence-electron chi connectivity index (χ1n) is 4.22. The summed E-state index contributed by atoms with van der Waals surface area (Å²) in [5.74, 6) is 0.609. The molecule has 0 aliphatic heterocycles. The summed E-state index contributed by atoms with van der Waals surface area (Å²) in [7, 11) is 0. The second-order valence-electron chi connectivity index (χ2n) is 2.67. The average Bonchev–Trinajstić information content (AvgIpc) is 2.13. The van der Waals surface area contributed by atoms with Crippen LogP contribution in [0.5, 0.6) is 0 Å². The van der Waals surface area contributed by atoms with E-state index in [0.717, 1.165) is 19.4 Å². The zero-order valence-electron chi connectivity index (χ0n) is 7.43. The summed E-state index contributed by atoms with van der Waals surface area (Å²) in [6, 6.07) is 0. The first-order chi connectivity index (χ1) is 6.25. The summed E-state index contributed by atoms with van der Waals surface area (Å²) < 4.78 is 0.464. The summed E-state index contributed by atoms with van der Waals surface area (Å²) in [4.78, 5) is 17.6. The maximum Gasteiger partial charge on any atom is 0.267 e. The van der Waals surface area contributed by atoms with E-state index >= 15 is 0 Å². The van der Waals surface area contributed by atoms with Gasteiger partial charge in [-0.25, -0.2) is 4.98 Å². The van der Waals surface area contributed by atoms with E-state index < -0.39 is 0 Å². The molecule has 0 saturated carbocycles. The van der Waals surface area contributed by atoms with Crippen LogP contribution in [-0.4, -0.2) is 16.5 Å². The van der Waals surface area contributed by atoms with Crippen LogP contribution in [0.15, 0.2) is 15.6 Å². The van der Waals surface area contributed by atoms with Gasteiger partial charge < -0.3 is 10.3 Å². The third-order valence-electron chi connectivity index (χ3n) is 1.62. The van der Waals surface area contributed by atoms with Crippen LogP contribution in [0.4, 0.5) is 5.82 Å². The molecule has 13 heavy (non-hydrogen) atoms. The number of nitrogens with zero attached hydrogens (tertiary/aromatic N) is 1. The van der Waals surface area contributed by atoms with Gasteiger partial charge in [-0.15, -0.1) is 0 Å². The van der Waals surface area contributed by atoms with E-state index in [1.807, 2.05) is 0 Å². The lowest BCUT2D eigenvalue weighted by Gasteiger charge is -2.04. The topological polar surface area (TPSA) is 57.8 Å². The predicted octanol–water partition coefficient (Wildman–Crippen LogP) is 1.74. The fourth-order valence-corrected chi connectivity index (χ4v) is 1.25. The average molecular weight is 246 g/mol. The molecule has 0 saturated heterocycles. The third-order valence-corrected chi connectivity index (χ3v) is 2.36. The summed E-state index contributed by atoms with van der Waals surface area (Å²) in [6.45, 7) is 2.95. The minimum atomic E-state index is -0.158. The van der Waals surface area contributed by atoms with Gasteiger partial charge in [0.05, 0.1) is 6.33 Å². The van der Waals surface area contributed by atoms with Gasteiger partial charge in [-0.1, -0.05) is 13.3 Å². The minimum Gasteiger partial charge on any atom is -0.369 e. The fourth-order valence-electron chi connectivity index (χ4n) is 0.890. The Labute approximate surface area is 84.9 Å². The van der Waals surface area contributed by atoms with E-state index in [1.54, 1.807) is 0 Å². The smallest absolute Gasteiger partial charge is 0.267 e. The number of halogens is 1. The highest BCUT2D eigenvalue weighted by Gasteiger charge is 2.02. The van der Waals surface area contributed by atoms with E-state index in [1.165, 1.54) is 6.33 Å². The van der Waals surface area contributed by atoms with Gasteiger partial charge in [0.2, 0.25) is 0 Å². The molecule has 0 aromatic carbocycles. The zero-order chi connectivity index (χ0) is 9.68. The van der Waals surface area contributed by atoms with Crippen LogP contribution < -0.4 is 10.9 Å². The summed E-state index contributed by atoms with van der Waals surface area (Å²) in [6.07, 6.45) is 3.58. The number of H-pyrrole nitrogens is 1. The van der Waals surface area contributed by atoms with Crippen LogP contribution in [0.25, 0.3) is 0 Å². The number of rotatable bonds is 4. The lowest BCUT2D eigenvalue weighted by Crippen LogP contribution is -2.12. The van der Waals surface area contributed by atoms with Crippen LogP contribution in [0.2, 0.25) is 0 Å². The highest BCUT2D eigenvalue weighted by atomic mass is 79.9. The van der Waals surface area contributed by atoms with Gasteiger partial charge >= 0.3 is 0 Å². The monoisotopic (exact) mass is 245 g/mol. The van der Waals surface area contributed by atoms with Crippen LogP contribution in [0.1, 0.15) is 19.8 Å². The Morgan fingerprint density at radius 3 is 3.15 bits per heavy atom. The van der Waals surface area contributed by atoms with Crippen molar-refractivity contribution in [1.82, 2.24) is 9.97 Å². The van der Waals surface area contributed by atoms with E-state index in [0.29, 0.717) is 10.3 Å². The van der Waals surface area contributed by atoms with Gasteiger partial charge in [0.25, 0.3) is 5.56 Å². The van der Waals surface area contributed by atoms with Crippen molar-refractivity contribution in [3.63, 3.8) is 0 Å². The van der Waals surface area contributed by atoms with Gasteiger partial charge in [-0.2, -0.15) is 0 Å². The Hall–Kier alpha value is -0.840. The second-order valence-corrected chi connectivity index (χ2v) is 3.47. The van der Waals surface area contributed by atoms with Crippen molar-refractivity contribution >= 4 is 21.7 Å². The summed E-state index contributed by atoms with van der Waals surface area (Å²) >= 11 is 3.16. The molecule has 2 N–H and O–H groups in total. The Morgan fingerprint density at radius 1 is 1.69 bits per heavy atom. The van der Waals surface area contributed by atoms with Crippen LogP contribution in [0.3, 0.4) is 0 Å². The maximum atomic E-state index is 11.1. The minimum absolute atomic E-state index is 0.158. The number of aromatic nitrogens is 2. The molecule has 0 spiro atoms. The molecule has 1 rings (SSSR count). The number of anilines is 1.